The van der Waals surface area contributed by atoms with E-state index in [0.717, 1.165) is 11.3 Å². The van der Waals surface area contributed by atoms with Crippen LogP contribution < -0.4 is 15.4 Å². The summed E-state index contributed by atoms with van der Waals surface area (Å²) in [5.41, 5.74) is 0.926. The van der Waals surface area contributed by atoms with Crippen molar-refractivity contribution in [3.8, 4) is 5.75 Å². The summed E-state index contributed by atoms with van der Waals surface area (Å²) in [4.78, 5) is 34.6. The SMILES string of the molecule is COc1ccc(CNC(=O)CNC(=O)[C@@H]2CC[C@H](C(=O)O)C2)cc1. The zero-order valence-corrected chi connectivity index (χ0v) is 13.6. The molecule has 2 atom stereocenters. The van der Waals surface area contributed by atoms with Gasteiger partial charge in [-0.2, -0.15) is 0 Å². The van der Waals surface area contributed by atoms with Gasteiger partial charge in [0.1, 0.15) is 5.75 Å². The van der Waals surface area contributed by atoms with Gasteiger partial charge in [-0.25, -0.2) is 0 Å². The number of carbonyl (C=O) groups is 3. The summed E-state index contributed by atoms with van der Waals surface area (Å²) in [6.07, 6.45) is 1.40. The van der Waals surface area contributed by atoms with E-state index in [-0.39, 0.29) is 24.3 Å². The standard InChI is InChI=1S/C17H22N2O5/c1-24-14-6-2-11(3-7-14)9-18-15(20)10-19-16(21)12-4-5-13(8-12)17(22)23/h2-3,6-7,12-13H,4-5,8-10H2,1H3,(H,18,20)(H,19,21)(H,22,23)/t12-,13+/m1/s1. The van der Waals surface area contributed by atoms with Crippen LogP contribution >= 0.6 is 0 Å². The number of hydrogen-bond donors (Lipinski definition) is 3. The van der Waals surface area contributed by atoms with Crippen molar-refractivity contribution in [3.05, 3.63) is 29.8 Å². The number of methoxy groups -OCH3 is 1. The Kier molecular flexibility index (Phi) is 6.17. The Morgan fingerprint density at radius 3 is 2.38 bits per heavy atom. The molecule has 7 heteroatoms. The van der Waals surface area contributed by atoms with Gasteiger partial charge in [0, 0.05) is 12.5 Å². The average molecular weight is 334 g/mol. The average Bonchev–Trinajstić information content (AvgIpc) is 3.08. The van der Waals surface area contributed by atoms with Crippen LogP contribution in [0.1, 0.15) is 24.8 Å². The van der Waals surface area contributed by atoms with Gasteiger partial charge in [-0.15, -0.1) is 0 Å². The van der Waals surface area contributed by atoms with E-state index in [1.165, 1.54) is 0 Å². The third kappa shape index (κ3) is 4.97. The smallest absolute Gasteiger partial charge is 0.306 e. The van der Waals surface area contributed by atoms with Crippen LogP contribution in [-0.4, -0.2) is 36.5 Å². The maximum Gasteiger partial charge on any atom is 0.306 e. The highest BCUT2D eigenvalue weighted by atomic mass is 16.5. The molecule has 1 aromatic rings. The van der Waals surface area contributed by atoms with Crippen molar-refractivity contribution in [2.75, 3.05) is 13.7 Å². The number of carboxylic acid groups (broad SMARTS) is 1. The molecule has 3 N–H and O–H groups in total. The van der Waals surface area contributed by atoms with Crippen LogP contribution in [0.4, 0.5) is 0 Å². The summed E-state index contributed by atoms with van der Waals surface area (Å²) in [7, 11) is 1.59. The molecule has 0 bridgehead atoms. The first-order chi connectivity index (χ1) is 11.5. The lowest BCUT2D eigenvalue weighted by Gasteiger charge is -2.11. The summed E-state index contributed by atoms with van der Waals surface area (Å²) in [5, 5.41) is 14.2. The third-order valence-electron chi connectivity index (χ3n) is 4.22. The molecule has 7 nitrogen and oxygen atoms in total. The topological polar surface area (TPSA) is 105 Å². The van der Waals surface area contributed by atoms with Crippen molar-refractivity contribution >= 4 is 17.8 Å². The minimum Gasteiger partial charge on any atom is -0.497 e. The number of nitrogens with one attached hydrogen (secondary N) is 2. The molecule has 1 aliphatic rings. The molecular weight excluding hydrogens is 312 g/mol. The predicted molar refractivity (Wildman–Crippen MR) is 86.3 cm³/mol. The molecule has 1 fully saturated rings. The predicted octanol–water partition coefficient (Wildman–Crippen LogP) is 0.928. The van der Waals surface area contributed by atoms with Crippen molar-refractivity contribution in [1.29, 1.82) is 0 Å². The van der Waals surface area contributed by atoms with Crippen LogP contribution in [0.25, 0.3) is 0 Å². The van der Waals surface area contributed by atoms with Crippen molar-refractivity contribution in [3.63, 3.8) is 0 Å². The second kappa shape index (κ2) is 8.33. The number of benzene rings is 1. The molecule has 0 aliphatic heterocycles. The van der Waals surface area contributed by atoms with E-state index < -0.39 is 11.9 Å². The minimum absolute atomic E-state index is 0.108. The maximum absolute atomic E-state index is 12.0. The first-order valence-electron chi connectivity index (χ1n) is 7.89. The van der Waals surface area contributed by atoms with E-state index in [1.54, 1.807) is 7.11 Å². The van der Waals surface area contributed by atoms with Gasteiger partial charge in [-0.05, 0) is 37.0 Å². The fraction of sp³-hybridized carbons (Fsp3) is 0.471. The molecule has 1 aliphatic carbocycles. The Morgan fingerprint density at radius 1 is 1.12 bits per heavy atom. The van der Waals surface area contributed by atoms with Crippen LogP contribution in [0, 0.1) is 11.8 Å². The quantitative estimate of drug-likeness (QED) is 0.688. The number of carbonyl (C=O) groups excluding carboxylic acids is 2. The Hall–Kier alpha value is -2.57. The monoisotopic (exact) mass is 334 g/mol. The molecular formula is C17H22N2O5. The summed E-state index contributed by atoms with van der Waals surface area (Å²) < 4.78 is 5.06. The molecule has 0 aromatic heterocycles. The number of carboxylic acids is 1. The molecule has 24 heavy (non-hydrogen) atoms. The highest BCUT2D eigenvalue weighted by Crippen LogP contribution is 2.30. The van der Waals surface area contributed by atoms with Gasteiger partial charge in [0.25, 0.3) is 0 Å². The fourth-order valence-corrected chi connectivity index (χ4v) is 2.76. The lowest BCUT2D eigenvalue weighted by molar-refractivity contribution is -0.141. The van der Waals surface area contributed by atoms with E-state index in [2.05, 4.69) is 10.6 Å². The van der Waals surface area contributed by atoms with Gasteiger partial charge >= 0.3 is 5.97 Å². The van der Waals surface area contributed by atoms with Crippen molar-refractivity contribution in [2.24, 2.45) is 11.8 Å². The summed E-state index contributed by atoms with van der Waals surface area (Å²) in [6.45, 7) is 0.256. The first-order valence-corrected chi connectivity index (χ1v) is 7.89. The lowest BCUT2D eigenvalue weighted by atomic mass is 10.0. The largest absolute Gasteiger partial charge is 0.497 e. The fourth-order valence-electron chi connectivity index (χ4n) is 2.76. The third-order valence-corrected chi connectivity index (χ3v) is 4.22. The van der Waals surface area contributed by atoms with Crippen LogP contribution in [0.5, 0.6) is 5.75 Å². The molecule has 130 valence electrons. The molecule has 0 saturated heterocycles. The maximum atomic E-state index is 12.0. The normalized spacial score (nSPS) is 19.5. The lowest BCUT2D eigenvalue weighted by Crippen LogP contribution is -2.39. The van der Waals surface area contributed by atoms with Gasteiger partial charge in [0.15, 0.2) is 0 Å². The van der Waals surface area contributed by atoms with E-state index >= 15 is 0 Å². The number of aliphatic carboxylic acids is 1. The van der Waals surface area contributed by atoms with E-state index in [4.69, 9.17) is 9.84 Å². The van der Waals surface area contributed by atoms with Gasteiger partial charge in [0.05, 0.1) is 19.6 Å². The van der Waals surface area contributed by atoms with Crippen molar-refractivity contribution in [2.45, 2.75) is 25.8 Å². The van der Waals surface area contributed by atoms with E-state index in [1.807, 2.05) is 24.3 Å². The van der Waals surface area contributed by atoms with E-state index in [9.17, 15) is 14.4 Å². The number of rotatable bonds is 7. The van der Waals surface area contributed by atoms with Crippen molar-refractivity contribution < 1.29 is 24.2 Å². The number of hydrogen-bond acceptors (Lipinski definition) is 4. The molecule has 1 aromatic carbocycles. The Bertz CT molecular complexity index is 600. The Balaban J connectivity index is 1.69. The molecule has 0 spiro atoms. The molecule has 0 unspecified atom stereocenters. The van der Waals surface area contributed by atoms with Crippen LogP contribution in [-0.2, 0) is 20.9 Å². The number of amides is 2. The zero-order valence-electron chi connectivity index (χ0n) is 13.6. The van der Waals surface area contributed by atoms with Gasteiger partial charge in [0.2, 0.25) is 11.8 Å². The van der Waals surface area contributed by atoms with Crippen LogP contribution in [0.3, 0.4) is 0 Å². The molecule has 2 amide bonds. The zero-order chi connectivity index (χ0) is 17.5. The second-order valence-electron chi connectivity index (χ2n) is 5.89. The highest BCUT2D eigenvalue weighted by Gasteiger charge is 2.33. The van der Waals surface area contributed by atoms with Gasteiger partial charge < -0.3 is 20.5 Å². The van der Waals surface area contributed by atoms with Gasteiger partial charge in [-0.3, -0.25) is 14.4 Å². The summed E-state index contributed by atoms with van der Waals surface area (Å²) in [6, 6.07) is 7.31. The summed E-state index contributed by atoms with van der Waals surface area (Å²) in [5.74, 6) is -1.42. The Labute approximate surface area is 140 Å². The molecule has 0 heterocycles. The second-order valence-corrected chi connectivity index (χ2v) is 5.89. The first kappa shape index (κ1) is 17.8. The molecule has 2 rings (SSSR count). The van der Waals surface area contributed by atoms with E-state index in [0.29, 0.717) is 25.8 Å². The van der Waals surface area contributed by atoms with Crippen molar-refractivity contribution in [1.82, 2.24) is 10.6 Å². The van der Waals surface area contributed by atoms with Crippen LogP contribution in [0.2, 0.25) is 0 Å². The molecule has 0 radical (unpaired) electrons. The van der Waals surface area contributed by atoms with Crippen LogP contribution in [0.15, 0.2) is 24.3 Å². The minimum atomic E-state index is -0.859. The summed E-state index contributed by atoms with van der Waals surface area (Å²) >= 11 is 0. The molecule has 1 saturated carbocycles. The van der Waals surface area contributed by atoms with Gasteiger partial charge in [-0.1, -0.05) is 12.1 Å². The number of ether oxygens (including phenoxy) is 1. The highest BCUT2D eigenvalue weighted by molar-refractivity contribution is 5.86. The Morgan fingerprint density at radius 2 is 1.79 bits per heavy atom.